The molecule has 0 atom stereocenters. The maximum Gasteiger partial charge on any atom is 0.492 e. The van der Waals surface area contributed by atoms with Crippen LogP contribution in [-0.2, 0) is 20.7 Å². The lowest BCUT2D eigenvalue weighted by atomic mass is 9.76. The highest BCUT2D eigenvalue weighted by molar-refractivity contribution is 6.56. The maximum atomic E-state index is 12.4. The van der Waals surface area contributed by atoms with E-state index in [0.29, 0.717) is 0 Å². The first-order chi connectivity index (χ1) is 15.7. The summed E-state index contributed by atoms with van der Waals surface area (Å²) in [6.45, 7) is 8.46. The van der Waals surface area contributed by atoms with Crippen molar-refractivity contribution in [1.82, 2.24) is 10.3 Å². The van der Waals surface area contributed by atoms with Gasteiger partial charge >= 0.3 is 13.2 Å². The Hall–Kier alpha value is -3.16. The van der Waals surface area contributed by atoms with Gasteiger partial charge in [0, 0.05) is 24.3 Å². The average Bonchev–Trinajstić information content (AvgIpc) is 3.02. The summed E-state index contributed by atoms with van der Waals surface area (Å²) in [5.74, 6) is 0. The lowest BCUT2D eigenvalue weighted by Gasteiger charge is -2.32. The Morgan fingerprint density at radius 1 is 1.03 bits per heavy atom. The number of pyridine rings is 1. The van der Waals surface area contributed by atoms with Crippen LogP contribution in [0, 0.1) is 0 Å². The number of ether oxygens (including phenoxy) is 1. The van der Waals surface area contributed by atoms with E-state index in [9.17, 15) is 4.79 Å². The molecule has 0 radical (unpaired) electrons. The minimum atomic E-state index is -0.601. The first kappa shape index (κ1) is 23.0. The third kappa shape index (κ3) is 5.26. The Morgan fingerprint density at radius 2 is 1.76 bits per heavy atom. The number of benzene rings is 2. The van der Waals surface area contributed by atoms with Gasteiger partial charge in [-0.3, -0.25) is 4.98 Å². The zero-order chi connectivity index (χ0) is 23.5. The summed E-state index contributed by atoms with van der Waals surface area (Å²) in [6.07, 6.45) is 5.12. The van der Waals surface area contributed by atoms with Gasteiger partial charge in [-0.25, -0.2) is 4.79 Å². The normalized spacial score (nSPS) is 17.2. The molecule has 33 heavy (non-hydrogen) atoms. The standard InChI is InChI=1S/C26H29BN2O4/c1-25(2)26(3,4)33-27(32-25)22(15-21-12-8-11-20-13-14-28-17-23(20)21)16-29-24(30)31-18-19-9-6-5-7-10-19/h5-15,17H,16,18H2,1-4H3,(H,29,30). The van der Waals surface area contributed by atoms with Gasteiger partial charge in [0.15, 0.2) is 0 Å². The quantitative estimate of drug-likeness (QED) is 0.531. The molecular weight excluding hydrogens is 415 g/mol. The molecule has 4 rings (SSSR count). The average molecular weight is 444 g/mol. The Kier molecular flexibility index (Phi) is 6.54. The van der Waals surface area contributed by atoms with Gasteiger partial charge in [0.25, 0.3) is 0 Å². The first-order valence-corrected chi connectivity index (χ1v) is 11.1. The number of nitrogens with one attached hydrogen (secondary N) is 1. The van der Waals surface area contributed by atoms with Crippen LogP contribution in [-0.4, -0.2) is 35.9 Å². The number of carbonyl (C=O) groups excluding carboxylic acids is 1. The molecule has 0 aliphatic carbocycles. The molecule has 1 saturated heterocycles. The van der Waals surface area contributed by atoms with Crippen LogP contribution in [0.4, 0.5) is 4.79 Å². The predicted molar refractivity (Wildman–Crippen MR) is 130 cm³/mol. The number of hydrogen-bond acceptors (Lipinski definition) is 5. The molecule has 1 amide bonds. The second-order valence-electron chi connectivity index (χ2n) is 9.17. The monoisotopic (exact) mass is 444 g/mol. The highest BCUT2D eigenvalue weighted by Gasteiger charge is 2.52. The van der Waals surface area contributed by atoms with E-state index in [2.05, 4.69) is 10.3 Å². The molecule has 1 N–H and O–H groups in total. The lowest BCUT2D eigenvalue weighted by Crippen LogP contribution is -2.41. The van der Waals surface area contributed by atoms with Gasteiger partial charge in [-0.2, -0.15) is 0 Å². The van der Waals surface area contributed by atoms with Crippen molar-refractivity contribution in [2.24, 2.45) is 0 Å². The molecular formula is C26H29BN2O4. The second kappa shape index (κ2) is 9.37. The number of carbonyl (C=O) groups is 1. The van der Waals surface area contributed by atoms with E-state index in [0.717, 1.165) is 27.4 Å². The van der Waals surface area contributed by atoms with Gasteiger partial charge in [0.1, 0.15) is 6.61 Å². The Bertz CT molecular complexity index is 1140. The highest BCUT2D eigenvalue weighted by Crippen LogP contribution is 2.39. The van der Waals surface area contributed by atoms with Crippen molar-refractivity contribution in [3.8, 4) is 0 Å². The first-order valence-electron chi connectivity index (χ1n) is 11.1. The topological polar surface area (TPSA) is 69.7 Å². The summed E-state index contributed by atoms with van der Waals surface area (Å²) < 4.78 is 17.9. The van der Waals surface area contributed by atoms with Crippen LogP contribution in [0.15, 0.2) is 72.5 Å². The molecule has 170 valence electrons. The zero-order valence-electron chi connectivity index (χ0n) is 19.5. The molecule has 1 fully saturated rings. The summed E-state index contributed by atoms with van der Waals surface area (Å²) in [5, 5.41) is 4.95. The lowest BCUT2D eigenvalue weighted by molar-refractivity contribution is 0.00578. The van der Waals surface area contributed by atoms with Crippen molar-refractivity contribution < 1.29 is 18.8 Å². The van der Waals surface area contributed by atoms with Crippen LogP contribution in [0.5, 0.6) is 0 Å². The summed E-state index contributed by atoms with van der Waals surface area (Å²) in [7, 11) is -0.601. The predicted octanol–water partition coefficient (Wildman–Crippen LogP) is 5.18. The van der Waals surface area contributed by atoms with Gasteiger partial charge in [-0.1, -0.05) is 54.6 Å². The Morgan fingerprint density at radius 3 is 2.48 bits per heavy atom. The van der Waals surface area contributed by atoms with Crippen molar-refractivity contribution in [1.29, 1.82) is 0 Å². The number of nitrogens with zero attached hydrogens (tertiary/aromatic N) is 1. The fraction of sp³-hybridized carbons (Fsp3) is 0.308. The number of aromatic nitrogens is 1. The van der Waals surface area contributed by atoms with Gasteiger partial charge in [0.2, 0.25) is 0 Å². The molecule has 0 saturated carbocycles. The van der Waals surface area contributed by atoms with Gasteiger partial charge < -0.3 is 19.4 Å². The summed E-state index contributed by atoms with van der Waals surface area (Å²) in [4.78, 5) is 16.7. The summed E-state index contributed by atoms with van der Waals surface area (Å²) in [6, 6.07) is 17.6. The summed E-state index contributed by atoms with van der Waals surface area (Å²) in [5.41, 5.74) is 1.71. The SMILES string of the molecule is CC1(C)OB(C(=Cc2cccc3ccncc23)CNC(=O)OCc2ccccc2)OC1(C)C. The van der Waals surface area contributed by atoms with E-state index in [1.165, 1.54) is 0 Å². The zero-order valence-corrected chi connectivity index (χ0v) is 19.5. The Balaban J connectivity index is 1.55. The molecule has 7 heteroatoms. The van der Waals surface area contributed by atoms with Gasteiger partial charge in [0.05, 0.1) is 11.2 Å². The third-order valence-electron chi connectivity index (χ3n) is 6.26. The van der Waals surface area contributed by atoms with Crippen LogP contribution < -0.4 is 5.32 Å². The van der Waals surface area contributed by atoms with Crippen LogP contribution in [0.25, 0.3) is 16.8 Å². The van der Waals surface area contributed by atoms with Crippen LogP contribution in [0.1, 0.15) is 38.8 Å². The van der Waals surface area contributed by atoms with Crippen molar-refractivity contribution in [2.45, 2.75) is 45.5 Å². The number of rotatable bonds is 6. The van der Waals surface area contributed by atoms with Gasteiger partial charge in [-0.05, 0) is 55.7 Å². The van der Waals surface area contributed by atoms with Gasteiger partial charge in [-0.15, -0.1) is 0 Å². The van der Waals surface area contributed by atoms with E-state index in [1.807, 2.05) is 94.6 Å². The molecule has 6 nitrogen and oxygen atoms in total. The summed E-state index contributed by atoms with van der Waals surface area (Å²) >= 11 is 0. The molecule has 0 unspecified atom stereocenters. The van der Waals surface area contributed by atoms with E-state index in [4.69, 9.17) is 14.0 Å². The number of fused-ring (bicyclic) bond motifs is 1. The fourth-order valence-electron chi connectivity index (χ4n) is 3.61. The highest BCUT2D eigenvalue weighted by atomic mass is 16.7. The van der Waals surface area contributed by atoms with Crippen LogP contribution in [0.3, 0.4) is 0 Å². The number of amides is 1. The van der Waals surface area contributed by atoms with E-state index in [1.54, 1.807) is 6.20 Å². The second-order valence-corrected chi connectivity index (χ2v) is 9.17. The van der Waals surface area contributed by atoms with Crippen molar-refractivity contribution in [2.75, 3.05) is 6.54 Å². The van der Waals surface area contributed by atoms with E-state index in [-0.39, 0.29) is 13.2 Å². The molecule has 3 aromatic rings. The minimum absolute atomic E-state index is 0.206. The minimum Gasteiger partial charge on any atom is -0.445 e. The molecule has 2 heterocycles. The smallest absolute Gasteiger partial charge is 0.445 e. The number of alkyl carbamates (subject to hydrolysis) is 1. The van der Waals surface area contributed by atoms with Crippen LogP contribution >= 0.6 is 0 Å². The van der Waals surface area contributed by atoms with Crippen molar-refractivity contribution in [3.05, 3.63) is 83.6 Å². The van der Waals surface area contributed by atoms with Crippen molar-refractivity contribution in [3.63, 3.8) is 0 Å². The Labute approximate surface area is 195 Å². The molecule has 1 aliphatic rings. The van der Waals surface area contributed by atoms with Crippen molar-refractivity contribution >= 4 is 30.1 Å². The number of hydrogen-bond donors (Lipinski definition) is 1. The molecule has 1 aliphatic heterocycles. The van der Waals surface area contributed by atoms with E-state index < -0.39 is 24.4 Å². The molecule has 0 spiro atoms. The largest absolute Gasteiger partial charge is 0.492 e. The van der Waals surface area contributed by atoms with E-state index >= 15 is 0 Å². The maximum absolute atomic E-state index is 12.4. The molecule has 1 aromatic heterocycles. The fourth-order valence-corrected chi connectivity index (χ4v) is 3.61. The van der Waals surface area contributed by atoms with Crippen LogP contribution in [0.2, 0.25) is 0 Å². The molecule has 2 aromatic carbocycles. The molecule has 0 bridgehead atoms. The third-order valence-corrected chi connectivity index (χ3v) is 6.26.